The Kier molecular flexibility index (Phi) is 10.4. The van der Waals surface area contributed by atoms with Crippen LogP contribution in [0.1, 0.15) is 43.4 Å². The fourth-order valence-electron chi connectivity index (χ4n) is 3.61. The summed E-state index contributed by atoms with van der Waals surface area (Å²) in [6.45, 7) is 5.12. The van der Waals surface area contributed by atoms with Crippen molar-refractivity contribution in [2.75, 3.05) is 26.8 Å². The number of carboxylic acids is 1. The summed E-state index contributed by atoms with van der Waals surface area (Å²) in [7, 11) is -1.67. The zero-order valence-electron chi connectivity index (χ0n) is 18.7. The lowest BCUT2D eigenvalue weighted by Crippen LogP contribution is -2.26. The summed E-state index contributed by atoms with van der Waals surface area (Å²) in [5, 5.41) is 9.57. The first-order valence-electron chi connectivity index (χ1n) is 10.8. The van der Waals surface area contributed by atoms with Crippen molar-refractivity contribution >= 4 is 13.6 Å². The van der Waals surface area contributed by atoms with Crippen LogP contribution >= 0.6 is 7.60 Å². The van der Waals surface area contributed by atoms with Crippen molar-refractivity contribution in [1.29, 1.82) is 0 Å². The van der Waals surface area contributed by atoms with Crippen molar-refractivity contribution in [3.05, 3.63) is 71.3 Å². The second-order valence-electron chi connectivity index (χ2n) is 7.59. The predicted octanol–water partition coefficient (Wildman–Crippen LogP) is 5.21. The summed E-state index contributed by atoms with van der Waals surface area (Å²) in [6, 6.07) is 18.9. The van der Waals surface area contributed by atoms with Crippen molar-refractivity contribution in [3.8, 4) is 0 Å². The van der Waals surface area contributed by atoms with E-state index in [0.29, 0.717) is 13.0 Å². The molecule has 2 rings (SSSR count). The summed E-state index contributed by atoms with van der Waals surface area (Å²) in [4.78, 5) is 13.8. The van der Waals surface area contributed by atoms with Gasteiger partial charge in [-0.3, -0.25) is 9.36 Å². The molecule has 0 aliphatic carbocycles. The minimum Gasteiger partial charge on any atom is -0.481 e. The van der Waals surface area contributed by atoms with Gasteiger partial charge in [-0.1, -0.05) is 54.6 Å². The van der Waals surface area contributed by atoms with Gasteiger partial charge in [0.25, 0.3) is 0 Å². The van der Waals surface area contributed by atoms with Crippen LogP contribution in [-0.2, 0) is 31.4 Å². The van der Waals surface area contributed by atoms with E-state index in [9.17, 15) is 14.5 Å². The topological polar surface area (TPSA) is 76.1 Å². The molecule has 0 saturated heterocycles. The first-order valence-corrected chi connectivity index (χ1v) is 12.4. The first-order chi connectivity index (χ1) is 14.9. The highest BCUT2D eigenvalue weighted by molar-refractivity contribution is 7.55. The van der Waals surface area contributed by atoms with Gasteiger partial charge in [0.2, 0.25) is 0 Å². The number of nitrogens with zero attached hydrogens (tertiary/aromatic N) is 1. The summed E-state index contributed by atoms with van der Waals surface area (Å²) in [5.74, 6) is -1.14. The number of aliphatic carboxylic acids is 1. The lowest BCUT2D eigenvalue weighted by Gasteiger charge is -2.24. The monoisotopic (exact) mass is 447 g/mol. The first kappa shape index (κ1) is 25.3. The molecule has 0 amide bonds. The SMILES string of the molecule is CCOP(=O)(OCC)C(CCCN(C)Cc1cccc(Cc2ccccc2)c1)C(=O)O. The Morgan fingerprint density at radius 3 is 2.23 bits per heavy atom. The molecule has 2 aromatic rings. The zero-order valence-corrected chi connectivity index (χ0v) is 19.6. The molecule has 0 radical (unpaired) electrons. The maximum atomic E-state index is 12.9. The summed E-state index contributed by atoms with van der Waals surface area (Å²) in [6.07, 6.45) is 1.72. The molecule has 0 saturated carbocycles. The number of rotatable bonds is 14. The van der Waals surface area contributed by atoms with Crippen LogP contribution in [0, 0.1) is 0 Å². The molecule has 0 aliphatic rings. The van der Waals surface area contributed by atoms with E-state index in [1.54, 1.807) is 13.8 Å². The molecule has 0 fully saturated rings. The third-order valence-corrected chi connectivity index (χ3v) is 7.48. The van der Waals surface area contributed by atoms with Crippen molar-refractivity contribution in [2.45, 2.75) is 45.3 Å². The number of hydrogen-bond donors (Lipinski definition) is 1. The second kappa shape index (κ2) is 12.8. The number of carbonyl (C=O) groups is 1. The molecule has 1 unspecified atom stereocenters. The highest BCUT2D eigenvalue weighted by Crippen LogP contribution is 2.54. The summed E-state index contributed by atoms with van der Waals surface area (Å²) >= 11 is 0. The molecule has 0 aliphatic heterocycles. The molecule has 0 heterocycles. The quantitative estimate of drug-likeness (QED) is 0.401. The van der Waals surface area contributed by atoms with Gasteiger partial charge < -0.3 is 19.1 Å². The third-order valence-electron chi connectivity index (χ3n) is 5.00. The van der Waals surface area contributed by atoms with Crippen LogP contribution in [0.4, 0.5) is 0 Å². The van der Waals surface area contributed by atoms with E-state index < -0.39 is 19.2 Å². The van der Waals surface area contributed by atoms with Gasteiger partial charge in [0.15, 0.2) is 5.66 Å². The Balaban J connectivity index is 1.90. The Morgan fingerprint density at radius 2 is 1.61 bits per heavy atom. The highest BCUT2D eigenvalue weighted by Gasteiger charge is 2.40. The molecule has 0 spiro atoms. The number of carboxylic acid groups (broad SMARTS) is 1. The normalized spacial score (nSPS) is 12.8. The van der Waals surface area contributed by atoms with Gasteiger partial charge in [0.1, 0.15) is 0 Å². The molecule has 31 heavy (non-hydrogen) atoms. The van der Waals surface area contributed by atoms with Gasteiger partial charge in [-0.05, 0) is 63.4 Å². The van der Waals surface area contributed by atoms with Gasteiger partial charge in [0.05, 0.1) is 13.2 Å². The smallest absolute Gasteiger partial charge is 0.344 e. The van der Waals surface area contributed by atoms with E-state index in [2.05, 4.69) is 41.3 Å². The van der Waals surface area contributed by atoms with Crippen molar-refractivity contribution in [1.82, 2.24) is 4.90 Å². The standard InChI is InChI=1S/C24H34NO5P/c1-4-29-31(28,30-5-2)23(24(26)27)15-10-16-25(3)19-22-14-9-13-21(18-22)17-20-11-7-6-8-12-20/h6-9,11-14,18,23H,4-5,10,15-17,19H2,1-3H3,(H,26,27). The van der Waals surface area contributed by atoms with Crippen LogP contribution in [0.25, 0.3) is 0 Å². The van der Waals surface area contributed by atoms with E-state index in [1.807, 2.05) is 25.2 Å². The largest absolute Gasteiger partial charge is 0.481 e. The Morgan fingerprint density at radius 1 is 1.00 bits per heavy atom. The van der Waals surface area contributed by atoms with Crippen molar-refractivity contribution in [2.24, 2.45) is 0 Å². The average molecular weight is 448 g/mol. The van der Waals surface area contributed by atoms with Crippen LogP contribution in [0.15, 0.2) is 54.6 Å². The van der Waals surface area contributed by atoms with Crippen molar-refractivity contribution < 1.29 is 23.5 Å². The molecule has 7 heteroatoms. The minimum absolute atomic E-state index is 0.153. The average Bonchev–Trinajstić information content (AvgIpc) is 2.72. The molecule has 1 atom stereocenters. The molecular formula is C24H34NO5P. The van der Waals surface area contributed by atoms with E-state index in [1.165, 1.54) is 16.7 Å². The van der Waals surface area contributed by atoms with Gasteiger partial charge in [0, 0.05) is 6.54 Å². The fraction of sp³-hybridized carbons (Fsp3) is 0.458. The highest BCUT2D eigenvalue weighted by atomic mass is 31.2. The second-order valence-corrected chi connectivity index (χ2v) is 9.81. The van der Waals surface area contributed by atoms with Crippen LogP contribution < -0.4 is 0 Å². The molecular weight excluding hydrogens is 413 g/mol. The van der Waals surface area contributed by atoms with Crippen LogP contribution in [0.3, 0.4) is 0 Å². The lowest BCUT2D eigenvalue weighted by atomic mass is 10.0. The molecule has 2 aromatic carbocycles. The predicted molar refractivity (Wildman–Crippen MR) is 124 cm³/mol. The number of benzene rings is 2. The van der Waals surface area contributed by atoms with Gasteiger partial charge >= 0.3 is 13.6 Å². The molecule has 0 aromatic heterocycles. The van der Waals surface area contributed by atoms with Crippen LogP contribution in [0.2, 0.25) is 0 Å². The Labute approximate surface area is 185 Å². The van der Waals surface area contributed by atoms with E-state index in [0.717, 1.165) is 13.0 Å². The van der Waals surface area contributed by atoms with Gasteiger partial charge in [-0.2, -0.15) is 0 Å². The Hall–Kier alpha value is -1.98. The zero-order chi connectivity index (χ0) is 22.7. The summed E-state index contributed by atoms with van der Waals surface area (Å²) < 4.78 is 23.4. The lowest BCUT2D eigenvalue weighted by molar-refractivity contribution is -0.137. The maximum Gasteiger partial charge on any atom is 0.344 e. The number of hydrogen-bond acceptors (Lipinski definition) is 5. The fourth-order valence-corrected chi connectivity index (χ4v) is 5.53. The molecule has 1 N–H and O–H groups in total. The van der Waals surface area contributed by atoms with Gasteiger partial charge in [-0.25, -0.2) is 0 Å². The van der Waals surface area contributed by atoms with E-state index in [-0.39, 0.29) is 19.6 Å². The molecule has 0 bridgehead atoms. The van der Waals surface area contributed by atoms with Gasteiger partial charge in [-0.15, -0.1) is 0 Å². The third kappa shape index (κ3) is 8.23. The van der Waals surface area contributed by atoms with Crippen LogP contribution in [0.5, 0.6) is 0 Å². The summed E-state index contributed by atoms with van der Waals surface area (Å²) in [5.41, 5.74) is 2.60. The minimum atomic E-state index is -3.67. The molecule has 170 valence electrons. The maximum absolute atomic E-state index is 12.9. The molecule has 6 nitrogen and oxygen atoms in total. The van der Waals surface area contributed by atoms with E-state index in [4.69, 9.17) is 9.05 Å². The van der Waals surface area contributed by atoms with E-state index >= 15 is 0 Å². The van der Waals surface area contributed by atoms with Crippen LogP contribution in [-0.4, -0.2) is 48.4 Å². The van der Waals surface area contributed by atoms with Crippen molar-refractivity contribution in [3.63, 3.8) is 0 Å². The Bertz CT molecular complexity index is 848.